The summed E-state index contributed by atoms with van der Waals surface area (Å²) in [6, 6.07) is 11.1. The van der Waals surface area contributed by atoms with Crippen molar-refractivity contribution in [1.29, 1.82) is 0 Å². The first-order chi connectivity index (χ1) is 14.1. The zero-order valence-corrected chi connectivity index (χ0v) is 18.9. The van der Waals surface area contributed by atoms with Crippen LogP contribution in [0.15, 0.2) is 42.5 Å². The summed E-state index contributed by atoms with van der Waals surface area (Å²) in [6.07, 6.45) is 0.969. The molecule has 2 aromatic rings. The molecule has 0 atom stereocenters. The van der Waals surface area contributed by atoms with Crippen molar-refractivity contribution in [2.45, 2.75) is 33.6 Å². The molecule has 0 aliphatic rings. The molecule has 0 saturated carbocycles. The Balaban J connectivity index is 2.21. The summed E-state index contributed by atoms with van der Waals surface area (Å²) in [4.78, 5) is 12.7. The minimum absolute atomic E-state index is 0.00373. The van der Waals surface area contributed by atoms with Gasteiger partial charge in [0.05, 0.1) is 17.2 Å². The topological polar surface area (TPSA) is 121 Å². The van der Waals surface area contributed by atoms with Crippen molar-refractivity contribution in [3.8, 4) is 0 Å². The second-order valence-electron chi connectivity index (χ2n) is 6.85. The van der Waals surface area contributed by atoms with Crippen LogP contribution in [0, 0.1) is 6.92 Å². The van der Waals surface area contributed by atoms with Crippen LogP contribution in [0.4, 0.5) is 17.1 Å². The highest BCUT2D eigenvalue weighted by Crippen LogP contribution is 2.25. The Hall–Kier alpha value is -2.59. The molecule has 30 heavy (non-hydrogen) atoms. The van der Waals surface area contributed by atoms with Gasteiger partial charge in [0.2, 0.25) is 20.0 Å². The van der Waals surface area contributed by atoms with E-state index in [0.717, 1.165) is 0 Å². The Morgan fingerprint density at radius 2 is 1.40 bits per heavy atom. The lowest BCUT2D eigenvalue weighted by Crippen LogP contribution is -2.18. The van der Waals surface area contributed by atoms with Gasteiger partial charge < -0.3 is 5.32 Å². The molecular weight excluding hydrogens is 426 g/mol. The van der Waals surface area contributed by atoms with E-state index in [4.69, 9.17) is 0 Å². The van der Waals surface area contributed by atoms with E-state index in [1.165, 1.54) is 6.07 Å². The van der Waals surface area contributed by atoms with Crippen molar-refractivity contribution in [3.05, 3.63) is 53.6 Å². The summed E-state index contributed by atoms with van der Waals surface area (Å²) in [5.74, 6) is -0.448. The Morgan fingerprint density at radius 1 is 0.833 bits per heavy atom. The highest BCUT2D eigenvalue weighted by atomic mass is 32.2. The van der Waals surface area contributed by atoms with E-state index in [1.54, 1.807) is 57.2 Å². The summed E-state index contributed by atoms with van der Waals surface area (Å²) in [5.41, 5.74) is 1.98. The lowest BCUT2D eigenvalue weighted by atomic mass is 10.1. The van der Waals surface area contributed by atoms with Crippen LogP contribution in [-0.4, -0.2) is 34.2 Å². The van der Waals surface area contributed by atoms with E-state index in [-0.39, 0.29) is 17.1 Å². The maximum absolute atomic E-state index is 12.7. The normalized spacial score (nSPS) is 11.7. The molecule has 0 bridgehead atoms. The molecule has 0 aliphatic carbocycles. The van der Waals surface area contributed by atoms with Gasteiger partial charge >= 0.3 is 0 Å². The van der Waals surface area contributed by atoms with Gasteiger partial charge in [0.15, 0.2) is 0 Å². The van der Waals surface area contributed by atoms with Crippen LogP contribution in [0.1, 0.15) is 42.6 Å². The molecule has 3 N–H and O–H groups in total. The van der Waals surface area contributed by atoms with Gasteiger partial charge in [-0.15, -0.1) is 0 Å². The molecule has 164 valence electrons. The lowest BCUT2D eigenvalue weighted by molar-refractivity contribution is 0.102. The van der Waals surface area contributed by atoms with Crippen LogP contribution in [0.25, 0.3) is 0 Å². The average molecular weight is 454 g/mol. The number of rotatable bonds is 10. The van der Waals surface area contributed by atoms with E-state index in [9.17, 15) is 21.6 Å². The number of hydrogen-bond acceptors (Lipinski definition) is 5. The molecular formula is C20H27N3O5S2. The number of sulfonamides is 2. The molecule has 10 heteroatoms. The quantitative estimate of drug-likeness (QED) is 0.508. The Labute approximate surface area is 178 Å². The Bertz CT molecular complexity index is 1110. The van der Waals surface area contributed by atoms with E-state index in [0.29, 0.717) is 35.5 Å². The van der Waals surface area contributed by atoms with Gasteiger partial charge in [-0.1, -0.05) is 26.0 Å². The fraction of sp³-hybridized carbons (Fsp3) is 0.350. The largest absolute Gasteiger partial charge is 0.322 e. The first-order valence-corrected chi connectivity index (χ1v) is 12.9. The third kappa shape index (κ3) is 6.74. The fourth-order valence-corrected chi connectivity index (χ4v) is 5.11. The molecule has 8 nitrogen and oxygen atoms in total. The molecule has 0 fully saturated rings. The summed E-state index contributed by atoms with van der Waals surface area (Å²) >= 11 is 0. The zero-order valence-electron chi connectivity index (χ0n) is 17.2. The van der Waals surface area contributed by atoms with Crippen LogP contribution < -0.4 is 14.8 Å². The first kappa shape index (κ1) is 23.7. The number of carbonyl (C=O) groups excluding carboxylic acids is 1. The summed E-state index contributed by atoms with van der Waals surface area (Å²) < 4.78 is 53.0. The molecule has 0 saturated heterocycles. The third-order valence-corrected chi connectivity index (χ3v) is 7.16. The van der Waals surface area contributed by atoms with E-state index in [2.05, 4.69) is 14.8 Å². The molecule has 2 aromatic carbocycles. The fourth-order valence-electron chi connectivity index (χ4n) is 2.79. The highest BCUT2D eigenvalue weighted by Gasteiger charge is 2.15. The number of benzene rings is 2. The number of nitrogens with one attached hydrogen (secondary N) is 3. The second kappa shape index (κ2) is 9.94. The highest BCUT2D eigenvalue weighted by molar-refractivity contribution is 7.92. The minimum Gasteiger partial charge on any atom is -0.322 e. The van der Waals surface area contributed by atoms with Crippen LogP contribution in [0.3, 0.4) is 0 Å². The Kier molecular flexibility index (Phi) is 7.85. The minimum atomic E-state index is -3.47. The maximum atomic E-state index is 12.7. The van der Waals surface area contributed by atoms with Crippen molar-refractivity contribution in [2.75, 3.05) is 26.3 Å². The van der Waals surface area contributed by atoms with Gasteiger partial charge in [-0.25, -0.2) is 16.8 Å². The van der Waals surface area contributed by atoms with Gasteiger partial charge in [0, 0.05) is 16.9 Å². The second-order valence-corrected chi connectivity index (χ2v) is 10.5. The number of carbonyl (C=O) groups is 1. The van der Waals surface area contributed by atoms with Crippen LogP contribution in [0.5, 0.6) is 0 Å². The van der Waals surface area contributed by atoms with Crippen LogP contribution >= 0.6 is 0 Å². The molecule has 2 rings (SSSR count). The van der Waals surface area contributed by atoms with Gasteiger partial charge in [-0.2, -0.15) is 0 Å². The van der Waals surface area contributed by atoms with Crippen molar-refractivity contribution in [2.24, 2.45) is 0 Å². The molecule has 0 aliphatic heterocycles. The smallest absolute Gasteiger partial charge is 0.255 e. The van der Waals surface area contributed by atoms with Crippen LogP contribution in [0.2, 0.25) is 0 Å². The van der Waals surface area contributed by atoms with E-state index in [1.807, 2.05) is 0 Å². The number of hydrogen-bond donors (Lipinski definition) is 3. The predicted octanol–water partition coefficient (Wildman–Crippen LogP) is 3.55. The van der Waals surface area contributed by atoms with Gasteiger partial charge in [-0.05, 0) is 55.7 Å². The van der Waals surface area contributed by atoms with E-state index >= 15 is 0 Å². The molecule has 0 heterocycles. The standard InChI is InChI=1S/C20H27N3O5S2/c1-4-12-29(25,26)22-17-9-6-8-16(14-17)20(24)21-18-10-7-11-19(15(18)3)23-30(27,28)13-5-2/h6-11,14,22-23H,4-5,12-13H2,1-3H3,(H,21,24). The predicted molar refractivity (Wildman–Crippen MR) is 121 cm³/mol. The van der Waals surface area contributed by atoms with Crippen molar-refractivity contribution < 1.29 is 21.6 Å². The lowest BCUT2D eigenvalue weighted by Gasteiger charge is -2.14. The van der Waals surface area contributed by atoms with Crippen molar-refractivity contribution in [1.82, 2.24) is 0 Å². The SMILES string of the molecule is CCCS(=O)(=O)Nc1cccc(C(=O)Nc2cccc(NS(=O)(=O)CCC)c2C)c1. The average Bonchev–Trinajstić information content (AvgIpc) is 2.64. The van der Waals surface area contributed by atoms with Crippen LogP contribution in [-0.2, 0) is 20.0 Å². The van der Waals surface area contributed by atoms with Crippen molar-refractivity contribution in [3.63, 3.8) is 0 Å². The monoisotopic (exact) mass is 453 g/mol. The van der Waals surface area contributed by atoms with Gasteiger partial charge in [0.1, 0.15) is 0 Å². The third-order valence-electron chi connectivity index (χ3n) is 4.19. The molecule has 0 spiro atoms. The first-order valence-electron chi connectivity index (χ1n) is 9.59. The van der Waals surface area contributed by atoms with Gasteiger partial charge in [0.25, 0.3) is 5.91 Å². The molecule has 0 unspecified atom stereocenters. The van der Waals surface area contributed by atoms with Gasteiger partial charge in [-0.3, -0.25) is 14.2 Å². The van der Waals surface area contributed by atoms with Crippen molar-refractivity contribution >= 4 is 43.0 Å². The number of amides is 1. The summed E-state index contributed by atoms with van der Waals surface area (Å²) in [5, 5.41) is 2.75. The summed E-state index contributed by atoms with van der Waals surface area (Å²) in [7, 11) is -6.93. The number of anilines is 3. The maximum Gasteiger partial charge on any atom is 0.255 e. The summed E-state index contributed by atoms with van der Waals surface area (Å²) in [6.45, 7) is 5.25. The zero-order chi connectivity index (χ0) is 22.4. The molecule has 0 aromatic heterocycles. The molecule has 1 amide bonds. The molecule has 0 radical (unpaired) electrons. The Morgan fingerprint density at radius 3 is 2.03 bits per heavy atom. The van der Waals surface area contributed by atoms with E-state index < -0.39 is 26.0 Å².